The first-order valence-corrected chi connectivity index (χ1v) is 9.99. The zero-order valence-corrected chi connectivity index (χ0v) is 17.1. The van der Waals surface area contributed by atoms with Gasteiger partial charge in [-0.25, -0.2) is 14.5 Å². The molecule has 0 amide bonds. The third kappa shape index (κ3) is 10.3. The average Bonchev–Trinajstić information content (AvgIpc) is 2.70. The van der Waals surface area contributed by atoms with Crippen LogP contribution in [0.2, 0.25) is 0 Å². The van der Waals surface area contributed by atoms with Crippen LogP contribution in [0.3, 0.4) is 0 Å². The Morgan fingerprint density at radius 2 is 1.71 bits per heavy atom. The average molecular weight is 396 g/mol. The molecule has 0 saturated carbocycles. The molecule has 7 nitrogen and oxygen atoms in total. The second-order valence-corrected chi connectivity index (χ2v) is 6.56. The molecule has 1 aromatic rings. The summed E-state index contributed by atoms with van der Waals surface area (Å²) < 4.78 is 10.3. The molecule has 28 heavy (non-hydrogen) atoms. The van der Waals surface area contributed by atoms with Crippen LogP contribution in [0.15, 0.2) is 24.3 Å². The van der Waals surface area contributed by atoms with Gasteiger partial charge in [-0.2, -0.15) is 0 Å². The minimum absolute atomic E-state index is 0.0270. The molecule has 1 rings (SSSR count). The first-order chi connectivity index (χ1) is 13.6. The summed E-state index contributed by atoms with van der Waals surface area (Å²) in [6, 6.07) is 6.91. The van der Waals surface area contributed by atoms with E-state index >= 15 is 0 Å². The number of unbranched alkanes of at least 4 members (excludes halogenated alkanes) is 1. The summed E-state index contributed by atoms with van der Waals surface area (Å²) >= 11 is 0. The molecular formula is C21H32O7. The molecule has 0 saturated heterocycles. The fraction of sp³-hybridized carbons (Fsp3) is 0.619. The summed E-state index contributed by atoms with van der Waals surface area (Å²) in [7, 11) is 0. The molecule has 0 heterocycles. The van der Waals surface area contributed by atoms with Gasteiger partial charge in [0.25, 0.3) is 0 Å². The minimum Gasteiger partial charge on any atom is -0.430 e. The molecule has 0 aliphatic carbocycles. The van der Waals surface area contributed by atoms with Crippen molar-refractivity contribution in [3.63, 3.8) is 0 Å². The van der Waals surface area contributed by atoms with E-state index in [1.807, 2.05) is 12.1 Å². The number of hydrogen-bond donors (Lipinski definition) is 0. The molecule has 0 radical (unpaired) electrons. The molecule has 0 bridgehead atoms. The molecule has 0 aliphatic rings. The van der Waals surface area contributed by atoms with Gasteiger partial charge < -0.3 is 9.47 Å². The zero-order valence-electron chi connectivity index (χ0n) is 17.1. The lowest BCUT2D eigenvalue weighted by Gasteiger charge is -2.14. The van der Waals surface area contributed by atoms with Crippen molar-refractivity contribution in [2.45, 2.75) is 59.3 Å². The molecule has 0 spiro atoms. The Morgan fingerprint density at radius 1 is 0.964 bits per heavy atom. The fourth-order valence-electron chi connectivity index (χ4n) is 2.58. The number of rotatable bonds is 14. The number of carbonyl (C=O) groups is 2. The van der Waals surface area contributed by atoms with Crippen LogP contribution in [-0.2, 0) is 30.7 Å². The molecule has 0 N–H and O–H groups in total. The van der Waals surface area contributed by atoms with Crippen molar-refractivity contribution in [1.82, 2.24) is 0 Å². The highest BCUT2D eigenvalue weighted by Gasteiger charge is 2.12. The van der Waals surface area contributed by atoms with E-state index in [1.165, 1.54) is 12.8 Å². The Morgan fingerprint density at radius 3 is 2.36 bits per heavy atom. The van der Waals surface area contributed by atoms with E-state index in [4.69, 9.17) is 9.47 Å². The predicted octanol–water partition coefficient (Wildman–Crippen LogP) is 5.03. The molecule has 1 unspecified atom stereocenters. The SMILES string of the molecule is CCCCC(CC)COCCOC(=O)OOOC(=O)c1ccc(CCC)cc1. The smallest absolute Gasteiger partial charge is 0.430 e. The van der Waals surface area contributed by atoms with E-state index in [9.17, 15) is 9.59 Å². The lowest BCUT2D eigenvalue weighted by molar-refractivity contribution is -0.452. The molecule has 1 atom stereocenters. The second kappa shape index (κ2) is 14.9. The van der Waals surface area contributed by atoms with Crippen LogP contribution in [0.1, 0.15) is 68.8 Å². The summed E-state index contributed by atoms with van der Waals surface area (Å²) in [6.45, 7) is 7.31. The van der Waals surface area contributed by atoms with Crippen molar-refractivity contribution in [2.24, 2.45) is 5.92 Å². The maximum atomic E-state index is 11.8. The van der Waals surface area contributed by atoms with Crippen molar-refractivity contribution < 1.29 is 33.9 Å². The Hall–Kier alpha value is -2.12. The first kappa shape index (κ1) is 23.9. The van der Waals surface area contributed by atoms with Crippen molar-refractivity contribution in [1.29, 1.82) is 0 Å². The van der Waals surface area contributed by atoms with Crippen LogP contribution >= 0.6 is 0 Å². The van der Waals surface area contributed by atoms with E-state index in [-0.39, 0.29) is 13.2 Å². The summed E-state index contributed by atoms with van der Waals surface area (Å²) in [4.78, 5) is 31.8. The molecule has 0 fully saturated rings. The van der Waals surface area contributed by atoms with Crippen molar-refractivity contribution in [2.75, 3.05) is 19.8 Å². The van der Waals surface area contributed by atoms with Gasteiger partial charge in [0.05, 0.1) is 17.2 Å². The highest BCUT2D eigenvalue weighted by molar-refractivity contribution is 5.88. The van der Waals surface area contributed by atoms with Gasteiger partial charge >= 0.3 is 12.1 Å². The maximum Gasteiger partial charge on any atom is 0.543 e. The molecule has 7 heteroatoms. The number of carbonyl (C=O) groups excluding carboxylic acids is 2. The highest BCUT2D eigenvalue weighted by atomic mass is 17.5. The molecule has 0 aliphatic heterocycles. The minimum atomic E-state index is -1.10. The van der Waals surface area contributed by atoms with Crippen LogP contribution in [0.25, 0.3) is 0 Å². The third-order valence-electron chi connectivity index (χ3n) is 4.28. The van der Waals surface area contributed by atoms with Gasteiger partial charge in [-0.1, -0.05) is 58.6 Å². The molecular weight excluding hydrogens is 364 g/mol. The van der Waals surface area contributed by atoms with Gasteiger partial charge in [0.15, 0.2) is 0 Å². The van der Waals surface area contributed by atoms with Gasteiger partial charge in [0.1, 0.15) is 6.61 Å². The van der Waals surface area contributed by atoms with Crippen molar-refractivity contribution >= 4 is 12.1 Å². The van der Waals surface area contributed by atoms with Crippen LogP contribution < -0.4 is 0 Å². The predicted molar refractivity (Wildman–Crippen MR) is 103 cm³/mol. The Bertz CT molecular complexity index is 556. The Balaban J connectivity index is 2.12. The van der Waals surface area contributed by atoms with Gasteiger partial charge in [-0.3, -0.25) is 4.89 Å². The van der Waals surface area contributed by atoms with E-state index in [2.05, 4.69) is 35.6 Å². The van der Waals surface area contributed by atoms with Crippen LogP contribution in [0, 0.1) is 5.92 Å². The topological polar surface area (TPSA) is 80.3 Å². The summed E-state index contributed by atoms with van der Waals surface area (Å²) in [5.41, 5.74) is 1.41. The van der Waals surface area contributed by atoms with Gasteiger partial charge in [0, 0.05) is 6.61 Å². The van der Waals surface area contributed by atoms with E-state index in [0.29, 0.717) is 18.1 Å². The van der Waals surface area contributed by atoms with Gasteiger partial charge in [-0.05, 0) is 36.5 Å². The molecule has 1 aromatic carbocycles. The van der Waals surface area contributed by atoms with Gasteiger partial charge in [-0.15, -0.1) is 0 Å². The second-order valence-electron chi connectivity index (χ2n) is 6.56. The Kier molecular flexibility index (Phi) is 12.7. The lowest BCUT2D eigenvalue weighted by atomic mass is 10.0. The van der Waals surface area contributed by atoms with E-state index in [1.54, 1.807) is 12.1 Å². The molecule has 158 valence electrons. The largest absolute Gasteiger partial charge is 0.543 e. The number of hydrogen-bond acceptors (Lipinski definition) is 7. The van der Waals surface area contributed by atoms with Crippen molar-refractivity contribution in [3.05, 3.63) is 35.4 Å². The quantitative estimate of drug-likeness (QED) is 0.189. The van der Waals surface area contributed by atoms with E-state index < -0.39 is 12.1 Å². The first-order valence-electron chi connectivity index (χ1n) is 9.99. The summed E-state index contributed by atoms with van der Waals surface area (Å²) in [5.74, 6) is -0.248. The van der Waals surface area contributed by atoms with Gasteiger partial charge in [0.2, 0.25) is 0 Å². The van der Waals surface area contributed by atoms with Crippen LogP contribution in [0.5, 0.6) is 0 Å². The van der Waals surface area contributed by atoms with Crippen LogP contribution in [0.4, 0.5) is 4.79 Å². The molecule has 0 aromatic heterocycles. The lowest BCUT2D eigenvalue weighted by Crippen LogP contribution is -2.16. The summed E-state index contributed by atoms with van der Waals surface area (Å²) in [6.07, 6.45) is 5.39. The monoisotopic (exact) mass is 396 g/mol. The van der Waals surface area contributed by atoms with E-state index in [0.717, 1.165) is 31.2 Å². The van der Waals surface area contributed by atoms with Crippen LogP contribution in [-0.4, -0.2) is 31.9 Å². The number of ether oxygens (including phenoxy) is 2. The summed E-state index contributed by atoms with van der Waals surface area (Å²) in [5, 5.41) is 4.18. The van der Waals surface area contributed by atoms with Crippen molar-refractivity contribution in [3.8, 4) is 0 Å². The fourth-order valence-corrected chi connectivity index (χ4v) is 2.58. The highest BCUT2D eigenvalue weighted by Crippen LogP contribution is 2.12. The zero-order chi connectivity index (χ0) is 20.6. The third-order valence-corrected chi connectivity index (χ3v) is 4.28. The number of aryl methyl sites for hydroxylation is 1. The standard InChI is InChI=1S/C21H32O7/c1-4-7-9-17(6-3)16-24-14-15-25-21(23)27-28-26-20(22)19-12-10-18(8-5-2)11-13-19/h10-13,17H,4-9,14-16H2,1-3H3. The normalized spacial score (nSPS) is 11.7. The Labute approximate surface area is 167 Å². The maximum absolute atomic E-state index is 11.8. The number of benzene rings is 1.